The van der Waals surface area contributed by atoms with E-state index >= 15 is 0 Å². The maximum atomic E-state index is 2.63. The van der Waals surface area contributed by atoms with Gasteiger partial charge in [-0.2, -0.15) is 0 Å². The van der Waals surface area contributed by atoms with Crippen molar-refractivity contribution in [2.45, 2.75) is 33.2 Å². The molecule has 3 rings (SSSR count). The van der Waals surface area contributed by atoms with Gasteiger partial charge in [-0.05, 0) is 29.9 Å². The molecule has 0 aliphatic carbocycles. The van der Waals surface area contributed by atoms with Crippen molar-refractivity contribution in [2.75, 3.05) is 13.1 Å². The predicted octanol–water partition coefficient (Wildman–Crippen LogP) is 4.87. The van der Waals surface area contributed by atoms with E-state index in [0.29, 0.717) is 5.92 Å². The number of benzene rings is 2. The van der Waals surface area contributed by atoms with Gasteiger partial charge in [0.05, 0.1) is 0 Å². The van der Waals surface area contributed by atoms with E-state index < -0.39 is 0 Å². The fourth-order valence-electron chi connectivity index (χ4n) is 3.72. The van der Waals surface area contributed by atoms with E-state index in [2.05, 4.69) is 80.3 Å². The van der Waals surface area contributed by atoms with Gasteiger partial charge in [-0.1, -0.05) is 74.0 Å². The average Bonchev–Trinajstić information content (AvgIpc) is 2.95. The van der Waals surface area contributed by atoms with Gasteiger partial charge in [-0.3, -0.25) is 4.90 Å². The molecule has 1 heterocycles. The number of likely N-dealkylation sites (tertiary alicyclic amines) is 1. The van der Waals surface area contributed by atoms with E-state index in [1.54, 1.807) is 0 Å². The molecule has 116 valence electrons. The predicted molar refractivity (Wildman–Crippen MR) is 94.0 cm³/mol. The summed E-state index contributed by atoms with van der Waals surface area (Å²) in [7, 11) is 0. The average molecular weight is 293 g/mol. The second kappa shape index (κ2) is 6.66. The molecular formula is C21H27N. The number of aryl methyl sites for hydroxylation is 1. The second-order valence-corrected chi connectivity index (χ2v) is 7.10. The number of rotatable bonds is 4. The first-order chi connectivity index (χ1) is 10.6. The lowest BCUT2D eigenvalue weighted by Gasteiger charge is -2.22. The maximum Gasteiger partial charge on any atom is 0.0234 e. The van der Waals surface area contributed by atoms with Crippen molar-refractivity contribution < 1.29 is 0 Å². The third-order valence-electron chi connectivity index (χ3n) is 5.05. The molecule has 2 aromatic carbocycles. The van der Waals surface area contributed by atoms with Crippen molar-refractivity contribution >= 4 is 0 Å². The minimum Gasteiger partial charge on any atom is -0.298 e. The molecule has 0 spiro atoms. The van der Waals surface area contributed by atoms with Gasteiger partial charge < -0.3 is 0 Å². The van der Waals surface area contributed by atoms with Crippen LogP contribution >= 0.6 is 0 Å². The third-order valence-corrected chi connectivity index (χ3v) is 5.05. The van der Waals surface area contributed by atoms with Crippen LogP contribution in [0, 0.1) is 18.8 Å². The van der Waals surface area contributed by atoms with Gasteiger partial charge in [0.2, 0.25) is 0 Å². The number of hydrogen-bond acceptors (Lipinski definition) is 1. The highest BCUT2D eigenvalue weighted by molar-refractivity contribution is 5.24. The van der Waals surface area contributed by atoms with Crippen LogP contribution in [-0.2, 0) is 6.54 Å². The van der Waals surface area contributed by atoms with Crippen molar-refractivity contribution in [2.24, 2.45) is 11.8 Å². The molecule has 1 nitrogen and oxygen atoms in total. The highest BCUT2D eigenvalue weighted by Gasteiger charge is 2.35. The van der Waals surface area contributed by atoms with Crippen LogP contribution in [0.25, 0.3) is 0 Å². The highest BCUT2D eigenvalue weighted by atomic mass is 15.2. The molecule has 0 saturated carbocycles. The molecule has 0 bridgehead atoms. The first-order valence-electron chi connectivity index (χ1n) is 8.46. The molecule has 0 unspecified atom stereocenters. The van der Waals surface area contributed by atoms with E-state index in [4.69, 9.17) is 0 Å². The molecule has 2 atom stereocenters. The van der Waals surface area contributed by atoms with E-state index in [9.17, 15) is 0 Å². The van der Waals surface area contributed by atoms with Crippen molar-refractivity contribution in [3.05, 3.63) is 71.3 Å². The molecule has 1 fully saturated rings. The lowest BCUT2D eigenvalue weighted by molar-refractivity contribution is 0.296. The Balaban J connectivity index is 1.74. The van der Waals surface area contributed by atoms with Crippen molar-refractivity contribution in [1.82, 2.24) is 4.90 Å². The Labute approximate surface area is 135 Å². The molecule has 1 saturated heterocycles. The standard InChI is InChI=1S/C21H27N/c1-16(2)20-14-22(13-18-11-9-17(3)10-12-18)15-21(20)19-7-5-4-6-8-19/h4-12,16,20-21H,13-15H2,1-3H3/t20-,21-/m1/s1. The smallest absolute Gasteiger partial charge is 0.0234 e. The minimum absolute atomic E-state index is 0.673. The lowest BCUT2D eigenvalue weighted by Crippen LogP contribution is -2.21. The first-order valence-corrected chi connectivity index (χ1v) is 8.46. The monoisotopic (exact) mass is 293 g/mol. The van der Waals surface area contributed by atoms with Crippen molar-refractivity contribution in [1.29, 1.82) is 0 Å². The van der Waals surface area contributed by atoms with Crippen LogP contribution in [0.5, 0.6) is 0 Å². The van der Waals surface area contributed by atoms with Crippen LogP contribution in [0.4, 0.5) is 0 Å². The molecule has 0 aromatic heterocycles. The Hall–Kier alpha value is -1.60. The molecule has 0 radical (unpaired) electrons. The summed E-state index contributed by atoms with van der Waals surface area (Å²) >= 11 is 0. The van der Waals surface area contributed by atoms with Crippen LogP contribution in [0.3, 0.4) is 0 Å². The number of nitrogens with zero attached hydrogens (tertiary/aromatic N) is 1. The first kappa shape index (κ1) is 15.3. The third kappa shape index (κ3) is 3.41. The van der Waals surface area contributed by atoms with E-state index in [1.165, 1.54) is 29.8 Å². The number of hydrogen-bond donors (Lipinski definition) is 0. The maximum absolute atomic E-state index is 2.63. The minimum atomic E-state index is 0.673. The van der Waals surface area contributed by atoms with Crippen LogP contribution in [0.15, 0.2) is 54.6 Å². The normalized spacial score (nSPS) is 22.4. The summed E-state index contributed by atoms with van der Waals surface area (Å²) < 4.78 is 0. The summed E-state index contributed by atoms with van der Waals surface area (Å²) in [5, 5.41) is 0. The fourth-order valence-corrected chi connectivity index (χ4v) is 3.72. The molecular weight excluding hydrogens is 266 g/mol. The zero-order valence-electron chi connectivity index (χ0n) is 14.0. The molecule has 0 amide bonds. The van der Waals surface area contributed by atoms with Gasteiger partial charge >= 0.3 is 0 Å². The summed E-state index contributed by atoms with van der Waals surface area (Å²) in [5.74, 6) is 2.16. The molecule has 22 heavy (non-hydrogen) atoms. The molecule has 2 aromatic rings. The van der Waals surface area contributed by atoms with E-state index in [-0.39, 0.29) is 0 Å². The molecule has 1 aliphatic rings. The summed E-state index contributed by atoms with van der Waals surface area (Å²) in [6.07, 6.45) is 0. The van der Waals surface area contributed by atoms with Gasteiger partial charge in [-0.15, -0.1) is 0 Å². The van der Waals surface area contributed by atoms with E-state index in [1.807, 2.05) is 0 Å². The van der Waals surface area contributed by atoms with Gasteiger partial charge in [0.15, 0.2) is 0 Å². The zero-order valence-corrected chi connectivity index (χ0v) is 14.0. The Morgan fingerprint density at radius 2 is 1.64 bits per heavy atom. The Morgan fingerprint density at radius 3 is 2.27 bits per heavy atom. The highest BCUT2D eigenvalue weighted by Crippen LogP contribution is 2.37. The largest absolute Gasteiger partial charge is 0.298 e. The zero-order chi connectivity index (χ0) is 15.5. The molecule has 0 N–H and O–H groups in total. The quantitative estimate of drug-likeness (QED) is 0.777. The van der Waals surface area contributed by atoms with Gasteiger partial charge in [0, 0.05) is 25.6 Å². The Kier molecular flexibility index (Phi) is 4.63. The van der Waals surface area contributed by atoms with Gasteiger partial charge in [0.25, 0.3) is 0 Å². The fraction of sp³-hybridized carbons (Fsp3) is 0.429. The summed E-state index contributed by atoms with van der Waals surface area (Å²) in [4.78, 5) is 2.63. The summed E-state index contributed by atoms with van der Waals surface area (Å²) in [5.41, 5.74) is 4.28. The molecule has 1 aliphatic heterocycles. The summed E-state index contributed by atoms with van der Waals surface area (Å²) in [6.45, 7) is 10.4. The summed E-state index contributed by atoms with van der Waals surface area (Å²) in [6, 6.07) is 20.1. The van der Waals surface area contributed by atoms with Crippen LogP contribution < -0.4 is 0 Å². The lowest BCUT2D eigenvalue weighted by atomic mass is 9.82. The van der Waals surface area contributed by atoms with Crippen molar-refractivity contribution in [3.8, 4) is 0 Å². The Morgan fingerprint density at radius 1 is 0.955 bits per heavy atom. The van der Waals surface area contributed by atoms with Crippen LogP contribution in [0.2, 0.25) is 0 Å². The SMILES string of the molecule is Cc1ccc(CN2C[C@H](c3ccccc3)[C@@H](C(C)C)C2)cc1. The van der Waals surface area contributed by atoms with Crippen LogP contribution in [-0.4, -0.2) is 18.0 Å². The second-order valence-electron chi connectivity index (χ2n) is 7.10. The van der Waals surface area contributed by atoms with E-state index in [0.717, 1.165) is 18.4 Å². The topological polar surface area (TPSA) is 3.24 Å². The van der Waals surface area contributed by atoms with Gasteiger partial charge in [0.1, 0.15) is 0 Å². The van der Waals surface area contributed by atoms with Gasteiger partial charge in [-0.25, -0.2) is 0 Å². The van der Waals surface area contributed by atoms with Crippen molar-refractivity contribution in [3.63, 3.8) is 0 Å². The Bertz CT molecular complexity index is 585. The molecule has 1 heteroatoms. The van der Waals surface area contributed by atoms with Crippen LogP contribution in [0.1, 0.15) is 36.5 Å².